The van der Waals surface area contributed by atoms with Crippen LogP contribution in [0.4, 0.5) is 0 Å². The minimum Gasteiger partial charge on any atom is -0.460 e. The number of hydrogen-bond donors (Lipinski definition) is 5. The van der Waals surface area contributed by atoms with Crippen molar-refractivity contribution in [3.8, 4) is 0 Å². The maximum absolute atomic E-state index is 13.7. The second-order valence-electron chi connectivity index (χ2n) is 19.8. The highest BCUT2D eigenvalue weighted by atomic mass is 16.8. The van der Waals surface area contributed by atoms with Crippen LogP contribution in [0.15, 0.2) is 0 Å². The average Bonchev–Trinajstić information content (AvgIpc) is 3.61. The van der Waals surface area contributed by atoms with Crippen molar-refractivity contribution in [1.29, 1.82) is 0 Å². The average molecular weight is 973 g/mol. The fourth-order valence-corrected chi connectivity index (χ4v) is 9.34. The van der Waals surface area contributed by atoms with Crippen LogP contribution >= 0.6 is 0 Å². The molecule has 2 heterocycles. The summed E-state index contributed by atoms with van der Waals surface area (Å²) in [7, 11) is 0. The van der Waals surface area contributed by atoms with Gasteiger partial charge in [-0.15, -0.1) is 0 Å². The molecule has 0 bridgehead atoms. The van der Waals surface area contributed by atoms with Gasteiger partial charge in [0.25, 0.3) is 0 Å². The quantitative estimate of drug-likeness (QED) is 0.0219. The van der Waals surface area contributed by atoms with E-state index in [0.29, 0.717) is 19.3 Å². The molecule has 0 aromatic heterocycles. The lowest BCUT2D eigenvalue weighted by Crippen LogP contribution is -2.63. The number of esters is 3. The molecule has 0 unspecified atom stereocenters. The van der Waals surface area contributed by atoms with E-state index in [-0.39, 0.29) is 19.3 Å². The molecule has 2 aliphatic rings. The van der Waals surface area contributed by atoms with E-state index in [2.05, 4.69) is 20.8 Å². The molecule has 5 N–H and O–H groups in total. The topological polar surface area (TPSA) is 208 Å². The van der Waals surface area contributed by atoms with Crippen molar-refractivity contribution in [2.75, 3.05) is 19.8 Å². The van der Waals surface area contributed by atoms with Crippen LogP contribution in [0.3, 0.4) is 0 Å². The van der Waals surface area contributed by atoms with Gasteiger partial charge in [0.2, 0.25) is 5.79 Å². The molecule has 2 saturated heterocycles. The van der Waals surface area contributed by atoms with E-state index in [1.807, 2.05) is 0 Å². The summed E-state index contributed by atoms with van der Waals surface area (Å²) in [6.07, 6.45) is 23.4. The van der Waals surface area contributed by atoms with E-state index >= 15 is 0 Å². The first-order valence-corrected chi connectivity index (χ1v) is 27.9. The first kappa shape index (κ1) is 62.2. The molecule has 0 amide bonds. The standard InChI is InChI=1S/C54H100O14/c1-4-7-10-13-16-19-22-25-28-31-34-37-45(57)63-42-54(68-53-50(62)49(61)48(60)43(40-55)64-53)52(66-47(59)39-36-33-30-27-24-21-18-15-12-9-6-3)51(44(41-56)67-54)65-46(58)38-35-32-29-26-23-20-17-14-11-8-5-2/h43-44,48-53,55-56,60-62H,4-42H2,1-3H3/t43-,44-,48-,49+,50-,51-,52+,53-,54+/m1/s1. The van der Waals surface area contributed by atoms with E-state index in [9.17, 15) is 39.9 Å². The van der Waals surface area contributed by atoms with Crippen molar-refractivity contribution in [2.45, 2.75) is 307 Å². The number of rotatable bonds is 44. The smallest absolute Gasteiger partial charge is 0.306 e. The van der Waals surface area contributed by atoms with Gasteiger partial charge in [-0.05, 0) is 19.3 Å². The van der Waals surface area contributed by atoms with Crippen molar-refractivity contribution < 1.29 is 68.3 Å². The molecule has 9 atom stereocenters. The number of aliphatic hydroxyl groups is 5. The van der Waals surface area contributed by atoms with Crippen LogP contribution in [0.5, 0.6) is 0 Å². The zero-order valence-corrected chi connectivity index (χ0v) is 43.1. The lowest BCUT2D eigenvalue weighted by molar-refractivity contribution is -0.384. The van der Waals surface area contributed by atoms with Gasteiger partial charge in [0.05, 0.1) is 13.2 Å². The monoisotopic (exact) mass is 973 g/mol. The Kier molecular flexibility index (Phi) is 36.3. The summed E-state index contributed by atoms with van der Waals surface area (Å²) in [6, 6.07) is 0. The predicted molar refractivity (Wildman–Crippen MR) is 263 cm³/mol. The van der Waals surface area contributed by atoms with Crippen LogP contribution in [-0.4, -0.2) is 118 Å². The van der Waals surface area contributed by atoms with Gasteiger partial charge in [-0.1, -0.05) is 213 Å². The zero-order chi connectivity index (χ0) is 49.7. The number of unbranched alkanes of at least 4 members (excludes halogenated alkanes) is 30. The fourth-order valence-electron chi connectivity index (χ4n) is 9.34. The number of hydrogen-bond acceptors (Lipinski definition) is 14. The summed E-state index contributed by atoms with van der Waals surface area (Å²) in [5.41, 5.74) is 0. The van der Waals surface area contributed by atoms with Crippen molar-refractivity contribution in [3.05, 3.63) is 0 Å². The Labute approximate surface area is 411 Å². The van der Waals surface area contributed by atoms with Crippen LogP contribution in [0.2, 0.25) is 0 Å². The maximum atomic E-state index is 13.7. The summed E-state index contributed by atoms with van der Waals surface area (Å²) >= 11 is 0. The van der Waals surface area contributed by atoms with Crippen LogP contribution in [0.1, 0.15) is 252 Å². The van der Waals surface area contributed by atoms with Crippen molar-refractivity contribution in [1.82, 2.24) is 0 Å². The highest BCUT2D eigenvalue weighted by molar-refractivity contribution is 5.71. The third kappa shape index (κ3) is 26.0. The summed E-state index contributed by atoms with van der Waals surface area (Å²) in [4.78, 5) is 40.6. The minimum absolute atomic E-state index is 0.0193. The number of carbonyl (C=O) groups excluding carboxylic acids is 3. The molecule has 14 nitrogen and oxygen atoms in total. The van der Waals surface area contributed by atoms with Crippen LogP contribution in [0.25, 0.3) is 0 Å². The molecule has 2 aliphatic heterocycles. The van der Waals surface area contributed by atoms with E-state index in [1.165, 1.54) is 116 Å². The Morgan fingerprint density at radius 3 is 1.18 bits per heavy atom. The molecule has 0 spiro atoms. The Morgan fingerprint density at radius 1 is 0.441 bits per heavy atom. The summed E-state index contributed by atoms with van der Waals surface area (Å²) in [5, 5.41) is 53.0. The first-order chi connectivity index (χ1) is 33.1. The van der Waals surface area contributed by atoms with Gasteiger partial charge < -0.3 is 54.0 Å². The van der Waals surface area contributed by atoms with Gasteiger partial charge >= 0.3 is 17.9 Å². The molecule has 0 saturated carbocycles. The SMILES string of the molecule is CCCCCCCCCCCCCC(=O)OC[C@@]1(O[C@H]2O[C@H](CO)[C@@H](O)[C@H](O)[C@H]2O)O[C@H](CO)[C@@H](OC(=O)CCCCCCCCCCCCC)[C@@H]1OC(=O)CCCCCCCCCCCCC. The molecule has 400 valence electrons. The van der Waals surface area contributed by atoms with Gasteiger partial charge in [0.15, 0.2) is 18.5 Å². The molecule has 2 fully saturated rings. The molecule has 14 heteroatoms. The predicted octanol–water partition coefficient (Wildman–Crippen LogP) is 10.4. The van der Waals surface area contributed by atoms with E-state index in [1.54, 1.807) is 0 Å². The number of aliphatic hydroxyl groups excluding tert-OH is 5. The van der Waals surface area contributed by atoms with Gasteiger partial charge in [-0.3, -0.25) is 14.4 Å². The molecule has 0 aromatic rings. The lowest BCUT2D eigenvalue weighted by Gasteiger charge is -2.43. The minimum atomic E-state index is -2.32. The van der Waals surface area contributed by atoms with Crippen LogP contribution in [0, 0.1) is 0 Å². The van der Waals surface area contributed by atoms with Crippen molar-refractivity contribution >= 4 is 17.9 Å². The largest absolute Gasteiger partial charge is 0.460 e. The van der Waals surface area contributed by atoms with E-state index in [0.717, 1.165) is 77.0 Å². The summed E-state index contributed by atoms with van der Waals surface area (Å²) in [6.45, 7) is 4.46. The van der Waals surface area contributed by atoms with Gasteiger partial charge in [-0.25, -0.2) is 0 Å². The van der Waals surface area contributed by atoms with E-state index < -0.39 is 92.5 Å². The lowest BCUT2D eigenvalue weighted by atomic mass is 9.98. The fraction of sp³-hybridized carbons (Fsp3) is 0.944. The molecule has 0 aliphatic carbocycles. The molecular weight excluding hydrogens is 873 g/mol. The van der Waals surface area contributed by atoms with Gasteiger partial charge in [0.1, 0.15) is 37.1 Å². The molecule has 68 heavy (non-hydrogen) atoms. The number of carbonyl (C=O) groups is 3. The highest BCUT2D eigenvalue weighted by Crippen LogP contribution is 2.40. The summed E-state index contributed by atoms with van der Waals surface area (Å²) < 4.78 is 36.1. The normalized spacial score (nSPS) is 24.9. The Morgan fingerprint density at radius 2 is 0.794 bits per heavy atom. The zero-order valence-electron chi connectivity index (χ0n) is 43.1. The summed E-state index contributed by atoms with van der Waals surface area (Å²) in [5.74, 6) is -4.17. The first-order valence-electron chi connectivity index (χ1n) is 27.9. The Hall–Kier alpha value is -1.91. The van der Waals surface area contributed by atoms with Gasteiger partial charge in [0, 0.05) is 19.3 Å². The molecule has 2 rings (SSSR count). The second kappa shape index (κ2) is 39.7. The second-order valence-corrected chi connectivity index (χ2v) is 19.8. The molecule has 0 radical (unpaired) electrons. The Balaban J connectivity index is 2.20. The van der Waals surface area contributed by atoms with Crippen molar-refractivity contribution in [3.63, 3.8) is 0 Å². The third-order valence-corrected chi connectivity index (χ3v) is 13.7. The Bertz CT molecular complexity index is 1250. The van der Waals surface area contributed by atoms with Crippen LogP contribution in [-0.2, 0) is 42.8 Å². The highest BCUT2D eigenvalue weighted by Gasteiger charge is 2.63. The van der Waals surface area contributed by atoms with Gasteiger partial charge in [-0.2, -0.15) is 0 Å². The van der Waals surface area contributed by atoms with Crippen molar-refractivity contribution in [2.24, 2.45) is 0 Å². The molecule has 0 aromatic carbocycles. The number of ether oxygens (including phenoxy) is 6. The maximum Gasteiger partial charge on any atom is 0.306 e. The van der Waals surface area contributed by atoms with E-state index in [4.69, 9.17) is 28.4 Å². The van der Waals surface area contributed by atoms with Crippen LogP contribution < -0.4 is 0 Å². The molecular formula is C54H100O14. The third-order valence-electron chi connectivity index (χ3n) is 13.7.